The van der Waals surface area contributed by atoms with Crippen molar-refractivity contribution in [1.29, 1.82) is 0 Å². The molecule has 0 saturated heterocycles. The Kier molecular flexibility index (Phi) is 2.34. The molecule has 0 atom stereocenters. The molecule has 0 fully saturated rings. The van der Waals surface area contributed by atoms with Crippen molar-refractivity contribution in [3.63, 3.8) is 0 Å². The predicted molar refractivity (Wildman–Crippen MR) is 69.5 cm³/mol. The van der Waals surface area contributed by atoms with Crippen LogP contribution in [0.25, 0.3) is 5.65 Å². The zero-order chi connectivity index (χ0) is 12.5. The fraction of sp³-hybridized carbons (Fsp3) is 0. The van der Waals surface area contributed by atoms with Gasteiger partial charge in [0, 0.05) is 11.8 Å². The average molecular weight is 237 g/mol. The zero-order valence-corrected chi connectivity index (χ0v) is 9.58. The van der Waals surface area contributed by atoms with Gasteiger partial charge in [-0.05, 0) is 12.1 Å². The molecule has 2 aromatic heterocycles. The van der Waals surface area contributed by atoms with E-state index in [-0.39, 0.29) is 11.6 Å². The maximum absolute atomic E-state index is 12.4. The van der Waals surface area contributed by atoms with Crippen molar-refractivity contribution in [3.05, 3.63) is 66.0 Å². The minimum absolute atomic E-state index is 0.119. The van der Waals surface area contributed by atoms with Gasteiger partial charge in [-0.2, -0.15) is 0 Å². The van der Waals surface area contributed by atoms with E-state index in [1.807, 2.05) is 36.4 Å². The number of aromatic nitrogens is 2. The van der Waals surface area contributed by atoms with Gasteiger partial charge in [-0.3, -0.25) is 9.20 Å². The monoisotopic (exact) mass is 237 g/mol. The molecule has 88 valence electrons. The fourth-order valence-electron chi connectivity index (χ4n) is 1.97. The number of hydrogen-bond acceptors (Lipinski definition) is 3. The molecule has 0 radical (unpaired) electrons. The number of fused-ring (bicyclic) bond motifs is 1. The van der Waals surface area contributed by atoms with Crippen LogP contribution in [0.2, 0.25) is 0 Å². The summed E-state index contributed by atoms with van der Waals surface area (Å²) in [4.78, 5) is 16.6. The summed E-state index contributed by atoms with van der Waals surface area (Å²) >= 11 is 0. The maximum Gasteiger partial charge on any atom is 0.213 e. The number of carbonyl (C=O) groups is 1. The molecule has 2 heterocycles. The van der Waals surface area contributed by atoms with Gasteiger partial charge in [0.25, 0.3) is 0 Å². The van der Waals surface area contributed by atoms with E-state index in [2.05, 4.69) is 4.98 Å². The molecule has 0 aliphatic carbocycles. The number of nitrogen functional groups attached to an aromatic ring is 1. The summed E-state index contributed by atoms with van der Waals surface area (Å²) in [6.45, 7) is 0. The van der Waals surface area contributed by atoms with Gasteiger partial charge in [0.1, 0.15) is 11.3 Å². The van der Waals surface area contributed by atoms with E-state index >= 15 is 0 Å². The van der Waals surface area contributed by atoms with Gasteiger partial charge in [-0.1, -0.05) is 36.4 Å². The number of nitrogens with zero attached hydrogens (tertiary/aromatic N) is 2. The Hall–Kier alpha value is -2.62. The van der Waals surface area contributed by atoms with Crippen molar-refractivity contribution in [1.82, 2.24) is 9.38 Å². The van der Waals surface area contributed by atoms with E-state index in [4.69, 9.17) is 5.73 Å². The van der Waals surface area contributed by atoms with Crippen LogP contribution in [0.3, 0.4) is 0 Å². The summed E-state index contributed by atoms with van der Waals surface area (Å²) in [7, 11) is 0. The third-order valence-electron chi connectivity index (χ3n) is 2.81. The second-order valence-electron chi connectivity index (χ2n) is 3.97. The van der Waals surface area contributed by atoms with Crippen LogP contribution in [0.15, 0.2) is 54.7 Å². The standard InChI is InChI=1S/C14H11N3O/c15-14-12(13(18)10-6-2-1-3-7-10)17-9-5-4-8-11(17)16-14/h1-9H,15H2. The molecular weight excluding hydrogens is 226 g/mol. The lowest BCUT2D eigenvalue weighted by Gasteiger charge is -2.01. The molecule has 0 spiro atoms. The Morgan fingerprint density at radius 1 is 1.06 bits per heavy atom. The van der Waals surface area contributed by atoms with Crippen molar-refractivity contribution < 1.29 is 4.79 Å². The Morgan fingerprint density at radius 3 is 2.56 bits per heavy atom. The summed E-state index contributed by atoms with van der Waals surface area (Å²) in [5, 5.41) is 0. The van der Waals surface area contributed by atoms with E-state index < -0.39 is 0 Å². The Labute approximate surface area is 104 Å². The summed E-state index contributed by atoms with van der Waals surface area (Å²) in [5.41, 5.74) is 7.53. The summed E-state index contributed by atoms with van der Waals surface area (Å²) in [6.07, 6.45) is 1.79. The third-order valence-corrected chi connectivity index (χ3v) is 2.81. The van der Waals surface area contributed by atoms with Gasteiger partial charge < -0.3 is 5.73 Å². The highest BCUT2D eigenvalue weighted by molar-refractivity contribution is 6.11. The first kappa shape index (κ1) is 10.5. The highest BCUT2D eigenvalue weighted by atomic mass is 16.1. The highest BCUT2D eigenvalue weighted by Crippen LogP contribution is 2.18. The minimum atomic E-state index is -0.119. The minimum Gasteiger partial charge on any atom is -0.382 e. The second kappa shape index (κ2) is 4.00. The molecule has 4 heteroatoms. The smallest absolute Gasteiger partial charge is 0.213 e. The molecule has 4 nitrogen and oxygen atoms in total. The van der Waals surface area contributed by atoms with E-state index in [9.17, 15) is 4.79 Å². The number of anilines is 1. The van der Waals surface area contributed by atoms with Crippen LogP contribution in [-0.4, -0.2) is 15.2 Å². The summed E-state index contributed by atoms with van der Waals surface area (Å²) < 4.78 is 1.71. The number of hydrogen-bond donors (Lipinski definition) is 1. The summed E-state index contributed by atoms with van der Waals surface area (Å²) in [6, 6.07) is 14.6. The number of benzene rings is 1. The second-order valence-corrected chi connectivity index (χ2v) is 3.97. The normalized spacial score (nSPS) is 10.7. The lowest BCUT2D eigenvalue weighted by molar-refractivity contribution is 0.103. The molecule has 0 aliphatic rings. The van der Waals surface area contributed by atoms with Gasteiger partial charge >= 0.3 is 0 Å². The number of nitrogens with two attached hydrogens (primary N) is 1. The van der Waals surface area contributed by atoms with Crippen LogP contribution < -0.4 is 5.73 Å². The van der Waals surface area contributed by atoms with Crippen LogP contribution in [-0.2, 0) is 0 Å². The molecule has 0 bridgehead atoms. The van der Waals surface area contributed by atoms with Gasteiger partial charge in [-0.25, -0.2) is 4.98 Å². The first-order valence-corrected chi connectivity index (χ1v) is 5.59. The number of pyridine rings is 1. The zero-order valence-electron chi connectivity index (χ0n) is 9.58. The first-order valence-electron chi connectivity index (χ1n) is 5.59. The molecule has 3 rings (SSSR count). The molecule has 0 unspecified atom stereocenters. The van der Waals surface area contributed by atoms with E-state index in [1.54, 1.807) is 22.7 Å². The van der Waals surface area contributed by atoms with Crippen LogP contribution in [0.4, 0.5) is 5.82 Å². The fourth-order valence-corrected chi connectivity index (χ4v) is 1.97. The molecule has 1 aromatic carbocycles. The summed E-state index contributed by atoms with van der Waals surface area (Å²) in [5.74, 6) is 0.141. The molecule has 3 aromatic rings. The lowest BCUT2D eigenvalue weighted by Crippen LogP contribution is -2.07. The van der Waals surface area contributed by atoms with Crippen LogP contribution >= 0.6 is 0 Å². The number of imidazole rings is 1. The molecule has 0 amide bonds. The maximum atomic E-state index is 12.4. The largest absolute Gasteiger partial charge is 0.382 e. The average Bonchev–Trinajstić information content (AvgIpc) is 2.75. The van der Waals surface area contributed by atoms with E-state index in [0.717, 1.165) is 0 Å². The van der Waals surface area contributed by atoms with Crippen molar-refractivity contribution in [2.75, 3.05) is 5.73 Å². The van der Waals surface area contributed by atoms with Gasteiger partial charge in [0.2, 0.25) is 5.78 Å². The Bertz CT molecular complexity index is 716. The Balaban J connectivity index is 2.21. The highest BCUT2D eigenvalue weighted by Gasteiger charge is 2.18. The number of carbonyl (C=O) groups excluding carboxylic acids is 1. The molecule has 18 heavy (non-hydrogen) atoms. The predicted octanol–water partition coefficient (Wildman–Crippen LogP) is 2.15. The van der Waals surface area contributed by atoms with Gasteiger partial charge in [0.15, 0.2) is 5.82 Å². The van der Waals surface area contributed by atoms with Crippen LogP contribution in [0, 0.1) is 0 Å². The topological polar surface area (TPSA) is 60.4 Å². The quantitative estimate of drug-likeness (QED) is 0.695. The molecule has 2 N–H and O–H groups in total. The molecular formula is C14H11N3O. The van der Waals surface area contributed by atoms with E-state index in [0.29, 0.717) is 16.9 Å². The van der Waals surface area contributed by atoms with Crippen molar-refractivity contribution in [2.45, 2.75) is 0 Å². The van der Waals surface area contributed by atoms with Crippen molar-refractivity contribution in [3.8, 4) is 0 Å². The molecule has 0 saturated carbocycles. The van der Waals surface area contributed by atoms with Gasteiger partial charge in [-0.15, -0.1) is 0 Å². The number of ketones is 1. The number of rotatable bonds is 2. The van der Waals surface area contributed by atoms with Gasteiger partial charge in [0.05, 0.1) is 0 Å². The third kappa shape index (κ3) is 1.55. The first-order chi connectivity index (χ1) is 8.77. The van der Waals surface area contributed by atoms with Crippen molar-refractivity contribution >= 4 is 17.2 Å². The van der Waals surface area contributed by atoms with Crippen LogP contribution in [0.5, 0.6) is 0 Å². The van der Waals surface area contributed by atoms with E-state index in [1.165, 1.54) is 0 Å². The molecule has 0 aliphatic heterocycles. The SMILES string of the molecule is Nc1nc2ccccn2c1C(=O)c1ccccc1. The van der Waals surface area contributed by atoms with Crippen molar-refractivity contribution in [2.24, 2.45) is 0 Å². The van der Waals surface area contributed by atoms with Crippen LogP contribution in [0.1, 0.15) is 16.1 Å². The Morgan fingerprint density at radius 2 is 1.78 bits per heavy atom. The lowest BCUT2D eigenvalue weighted by atomic mass is 10.1.